The third-order valence-corrected chi connectivity index (χ3v) is 6.00. The first-order valence-electron chi connectivity index (χ1n) is 10.2. The Bertz CT molecular complexity index is 1110. The molecule has 2 aromatic carbocycles. The predicted octanol–water partition coefficient (Wildman–Crippen LogP) is 4.84. The molecule has 5 rings (SSSR count). The molecule has 28 heavy (non-hydrogen) atoms. The molecule has 1 unspecified atom stereocenters. The van der Waals surface area contributed by atoms with Crippen molar-refractivity contribution in [2.75, 3.05) is 6.54 Å². The summed E-state index contributed by atoms with van der Waals surface area (Å²) in [4.78, 5) is 6.34. The highest BCUT2D eigenvalue weighted by atomic mass is 15.3. The maximum atomic E-state index is 4.65. The van der Waals surface area contributed by atoms with Crippen LogP contribution in [0.5, 0.6) is 0 Å². The second-order valence-electron chi connectivity index (χ2n) is 7.69. The number of nitrogens with one attached hydrogen (secondary N) is 1. The lowest BCUT2D eigenvalue weighted by molar-refractivity contribution is 0.201. The predicted molar refractivity (Wildman–Crippen MR) is 113 cm³/mol. The van der Waals surface area contributed by atoms with Gasteiger partial charge < -0.3 is 4.98 Å². The molecule has 4 nitrogen and oxygen atoms in total. The molecular weight excluding hydrogens is 344 g/mol. The Morgan fingerprint density at radius 2 is 1.86 bits per heavy atom. The molecule has 0 amide bonds. The average Bonchev–Trinajstić information content (AvgIpc) is 3.28. The summed E-state index contributed by atoms with van der Waals surface area (Å²) in [6.45, 7) is 7.14. The van der Waals surface area contributed by atoms with Gasteiger partial charge >= 0.3 is 0 Å². The second-order valence-corrected chi connectivity index (χ2v) is 7.69. The van der Waals surface area contributed by atoms with Crippen molar-refractivity contribution in [3.05, 3.63) is 88.9 Å². The van der Waals surface area contributed by atoms with Crippen LogP contribution in [0.4, 0.5) is 0 Å². The quantitative estimate of drug-likeness (QED) is 0.558. The number of aromatic amines is 1. The van der Waals surface area contributed by atoms with E-state index in [0.29, 0.717) is 0 Å². The summed E-state index contributed by atoms with van der Waals surface area (Å²) in [5, 5.41) is 6.02. The Kier molecular flexibility index (Phi) is 4.29. The van der Waals surface area contributed by atoms with Crippen molar-refractivity contribution >= 4 is 10.9 Å². The summed E-state index contributed by atoms with van der Waals surface area (Å²) < 4.78 is 2.04. The van der Waals surface area contributed by atoms with E-state index in [0.717, 1.165) is 31.7 Å². The van der Waals surface area contributed by atoms with Gasteiger partial charge in [0.1, 0.15) is 0 Å². The van der Waals surface area contributed by atoms with Crippen LogP contribution >= 0.6 is 0 Å². The van der Waals surface area contributed by atoms with Crippen LogP contribution < -0.4 is 0 Å². The number of aromatic nitrogens is 3. The van der Waals surface area contributed by atoms with Gasteiger partial charge in [0.2, 0.25) is 0 Å². The van der Waals surface area contributed by atoms with Crippen LogP contribution in [0, 0.1) is 6.92 Å². The molecule has 0 saturated heterocycles. The van der Waals surface area contributed by atoms with E-state index in [2.05, 4.69) is 89.6 Å². The molecule has 4 aromatic rings. The average molecular weight is 371 g/mol. The zero-order valence-electron chi connectivity index (χ0n) is 16.5. The fraction of sp³-hybridized carbons (Fsp3) is 0.292. The van der Waals surface area contributed by atoms with Gasteiger partial charge in [0, 0.05) is 48.0 Å². The first-order chi connectivity index (χ1) is 13.7. The van der Waals surface area contributed by atoms with Crippen LogP contribution in [0.15, 0.2) is 60.8 Å². The topological polar surface area (TPSA) is 36.9 Å². The van der Waals surface area contributed by atoms with Crippen LogP contribution in [0.1, 0.15) is 41.0 Å². The maximum Gasteiger partial charge on any atom is 0.0760 e. The first-order valence-corrected chi connectivity index (χ1v) is 10.2. The van der Waals surface area contributed by atoms with Crippen LogP contribution in [0.3, 0.4) is 0 Å². The minimum Gasteiger partial charge on any atom is -0.357 e. The highest BCUT2D eigenvalue weighted by Gasteiger charge is 2.32. The molecular formula is C24H26N4. The lowest BCUT2D eigenvalue weighted by Gasteiger charge is -2.36. The standard InChI is InChI=1S/C24H26N4/c1-3-28-16-19(17(2)26-28)15-27-14-13-21-20-11-7-8-12-22(20)25-23(21)24(27)18-9-5-4-6-10-18/h4-12,16,24-25H,3,13-15H2,1-2H3. The third-order valence-electron chi connectivity index (χ3n) is 6.00. The van der Waals surface area contributed by atoms with E-state index >= 15 is 0 Å². The van der Waals surface area contributed by atoms with Gasteiger partial charge in [-0.1, -0.05) is 48.5 Å². The van der Waals surface area contributed by atoms with Crippen molar-refractivity contribution in [3.63, 3.8) is 0 Å². The molecule has 0 aliphatic carbocycles. The number of para-hydroxylation sites is 1. The number of rotatable bonds is 4. The number of nitrogens with zero attached hydrogens (tertiary/aromatic N) is 3. The number of H-pyrrole nitrogens is 1. The second kappa shape index (κ2) is 6.95. The molecule has 1 N–H and O–H groups in total. The van der Waals surface area contributed by atoms with Gasteiger partial charge in [0.15, 0.2) is 0 Å². The van der Waals surface area contributed by atoms with E-state index in [1.165, 1.54) is 33.3 Å². The summed E-state index contributed by atoms with van der Waals surface area (Å²) in [5.41, 5.74) is 7.86. The number of aryl methyl sites for hydroxylation is 2. The van der Waals surface area contributed by atoms with Crippen LogP contribution in [0.2, 0.25) is 0 Å². The zero-order valence-corrected chi connectivity index (χ0v) is 16.5. The molecule has 4 heteroatoms. The molecule has 0 fully saturated rings. The van der Waals surface area contributed by atoms with Crippen molar-refractivity contribution in [2.45, 2.75) is 39.4 Å². The van der Waals surface area contributed by atoms with Gasteiger partial charge in [0.25, 0.3) is 0 Å². The maximum absolute atomic E-state index is 4.65. The number of benzene rings is 2. The molecule has 1 atom stereocenters. The van der Waals surface area contributed by atoms with Crippen LogP contribution in [0.25, 0.3) is 10.9 Å². The van der Waals surface area contributed by atoms with Gasteiger partial charge in [-0.15, -0.1) is 0 Å². The van der Waals surface area contributed by atoms with E-state index in [9.17, 15) is 0 Å². The van der Waals surface area contributed by atoms with E-state index in [4.69, 9.17) is 0 Å². The summed E-state index contributed by atoms with van der Waals surface area (Å²) in [6.07, 6.45) is 3.28. The normalized spacial score (nSPS) is 17.1. The molecule has 0 radical (unpaired) electrons. The van der Waals surface area contributed by atoms with Crippen molar-refractivity contribution in [3.8, 4) is 0 Å². The smallest absolute Gasteiger partial charge is 0.0760 e. The summed E-state index contributed by atoms with van der Waals surface area (Å²) in [7, 11) is 0. The Hall–Kier alpha value is -2.85. The van der Waals surface area contributed by atoms with Crippen LogP contribution in [-0.2, 0) is 19.5 Å². The van der Waals surface area contributed by atoms with Crippen molar-refractivity contribution < 1.29 is 0 Å². The first kappa shape index (κ1) is 17.3. The molecule has 0 bridgehead atoms. The lowest BCUT2D eigenvalue weighted by atomic mass is 9.92. The molecule has 142 valence electrons. The van der Waals surface area contributed by atoms with Gasteiger partial charge in [-0.2, -0.15) is 5.10 Å². The Morgan fingerprint density at radius 3 is 2.64 bits per heavy atom. The SMILES string of the molecule is CCn1cc(CN2CCc3c([nH]c4ccccc34)C2c2ccccc2)c(C)n1. The largest absolute Gasteiger partial charge is 0.357 e. The molecule has 0 spiro atoms. The number of fused-ring (bicyclic) bond motifs is 3. The Balaban J connectivity index is 1.60. The highest BCUT2D eigenvalue weighted by Crippen LogP contribution is 2.39. The van der Waals surface area contributed by atoms with Gasteiger partial charge in [-0.25, -0.2) is 0 Å². The molecule has 0 saturated carbocycles. The highest BCUT2D eigenvalue weighted by molar-refractivity contribution is 5.85. The molecule has 1 aliphatic rings. The van der Waals surface area contributed by atoms with Crippen molar-refractivity contribution in [1.82, 2.24) is 19.7 Å². The van der Waals surface area contributed by atoms with E-state index < -0.39 is 0 Å². The Morgan fingerprint density at radius 1 is 1.07 bits per heavy atom. The molecule has 1 aliphatic heterocycles. The monoisotopic (exact) mass is 370 g/mol. The van der Waals surface area contributed by atoms with E-state index in [1.807, 2.05) is 4.68 Å². The fourth-order valence-electron chi connectivity index (χ4n) is 4.57. The van der Waals surface area contributed by atoms with Gasteiger partial charge in [-0.3, -0.25) is 9.58 Å². The van der Waals surface area contributed by atoms with Crippen molar-refractivity contribution in [1.29, 1.82) is 0 Å². The van der Waals surface area contributed by atoms with Gasteiger partial charge in [-0.05, 0) is 37.5 Å². The lowest BCUT2D eigenvalue weighted by Crippen LogP contribution is -2.35. The summed E-state index contributed by atoms with van der Waals surface area (Å²) in [6, 6.07) is 19.8. The van der Waals surface area contributed by atoms with E-state index in [1.54, 1.807) is 0 Å². The molecule has 2 aromatic heterocycles. The third kappa shape index (κ3) is 2.85. The number of hydrogen-bond acceptors (Lipinski definition) is 2. The summed E-state index contributed by atoms with van der Waals surface area (Å²) in [5.74, 6) is 0. The summed E-state index contributed by atoms with van der Waals surface area (Å²) >= 11 is 0. The van der Waals surface area contributed by atoms with E-state index in [-0.39, 0.29) is 6.04 Å². The minimum atomic E-state index is 0.238. The number of hydrogen-bond donors (Lipinski definition) is 1. The van der Waals surface area contributed by atoms with Gasteiger partial charge in [0.05, 0.1) is 11.7 Å². The fourth-order valence-corrected chi connectivity index (χ4v) is 4.57. The van der Waals surface area contributed by atoms with Crippen LogP contribution in [-0.4, -0.2) is 26.2 Å². The van der Waals surface area contributed by atoms with Crippen molar-refractivity contribution in [2.24, 2.45) is 0 Å². The molecule has 3 heterocycles. The Labute approximate surface area is 165 Å². The minimum absolute atomic E-state index is 0.238. The zero-order chi connectivity index (χ0) is 19.1.